The van der Waals surface area contributed by atoms with Crippen LogP contribution in [0.3, 0.4) is 0 Å². The quantitative estimate of drug-likeness (QED) is 0.588. The Morgan fingerprint density at radius 1 is 1.12 bits per heavy atom. The van der Waals surface area contributed by atoms with E-state index in [4.69, 9.17) is 4.98 Å². The number of nitrogens with zero attached hydrogens (tertiary/aromatic N) is 5. The van der Waals surface area contributed by atoms with E-state index in [1.807, 2.05) is 35.8 Å². The lowest BCUT2D eigenvalue weighted by atomic mass is 10.0. The lowest BCUT2D eigenvalue weighted by Gasteiger charge is -2.12. The third-order valence-corrected chi connectivity index (χ3v) is 4.73. The van der Waals surface area contributed by atoms with E-state index < -0.39 is 0 Å². The molecule has 4 heterocycles. The summed E-state index contributed by atoms with van der Waals surface area (Å²) in [6.45, 7) is 2.13. The molecule has 1 unspecified atom stereocenters. The van der Waals surface area contributed by atoms with E-state index in [1.165, 1.54) is 0 Å². The van der Waals surface area contributed by atoms with Gasteiger partial charge in [-0.25, -0.2) is 15.0 Å². The topological polar surface area (TPSA) is 76.5 Å². The smallest absolute Gasteiger partial charge is 0.150 e. The van der Waals surface area contributed by atoms with Crippen molar-refractivity contribution in [2.45, 2.75) is 19.3 Å². The molecule has 4 aromatic heterocycles. The standard InChI is InChI=1S/C18H16N6S/c1-12(8-13-4-2-3-6-20-13)15-9-19-10-16(23-15)24-17-14-5-7-25-18(14)22-11-21-17/h2-7,9-12H,8H2,1H3,(H,21,22,23,24). The number of nitrogens with one attached hydrogen (secondary N) is 1. The summed E-state index contributed by atoms with van der Waals surface area (Å²) < 4.78 is 0. The second kappa shape index (κ2) is 6.90. The van der Waals surface area contributed by atoms with Gasteiger partial charge < -0.3 is 5.32 Å². The molecule has 0 spiro atoms. The zero-order valence-electron chi connectivity index (χ0n) is 13.6. The fraction of sp³-hybridized carbons (Fsp3) is 0.167. The van der Waals surface area contributed by atoms with Crippen LogP contribution in [0, 0.1) is 0 Å². The van der Waals surface area contributed by atoms with E-state index in [2.05, 4.69) is 32.2 Å². The van der Waals surface area contributed by atoms with Gasteiger partial charge in [0.25, 0.3) is 0 Å². The van der Waals surface area contributed by atoms with Gasteiger partial charge in [-0.2, -0.15) is 0 Å². The minimum atomic E-state index is 0.218. The highest BCUT2D eigenvalue weighted by Crippen LogP contribution is 2.26. The molecule has 124 valence electrons. The summed E-state index contributed by atoms with van der Waals surface area (Å²) in [4.78, 5) is 22.9. The molecule has 1 N–H and O–H groups in total. The minimum absolute atomic E-state index is 0.218. The molecule has 6 nitrogen and oxygen atoms in total. The zero-order valence-corrected chi connectivity index (χ0v) is 14.4. The molecule has 0 fully saturated rings. The van der Waals surface area contributed by atoms with E-state index in [9.17, 15) is 0 Å². The van der Waals surface area contributed by atoms with Crippen molar-refractivity contribution < 1.29 is 0 Å². The van der Waals surface area contributed by atoms with Crippen LogP contribution >= 0.6 is 11.3 Å². The number of hydrogen-bond acceptors (Lipinski definition) is 7. The summed E-state index contributed by atoms with van der Waals surface area (Å²) in [6.07, 6.45) is 7.70. The number of rotatable bonds is 5. The summed E-state index contributed by atoms with van der Waals surface area (Å²) in [5.74, 6) is 1.64. The van der Waals surface area contributed by atoms with Crippen molar-refractivity contribution in [1.29, 1.82) is 0 Å². The van der Waals surface area contributed by atoms with E-state index >= 15 is 0 Å². The van der Waals surface area contributed by atoms with Crippen LogP contribution in [-0.4, -0.2) is 24.9 Å². The van der Waals surface area contributed by atoms with Crippen molar-refractivity contribution in [3.8, 4) is 0 Å². The largest absolute Gasteiger partial charge is 0.323 e. The first-order valence-electron chi connectivity index (χ1n) is 7.96. The number of pyridine rings is 1. The van der Waals surface area contributed by atoms with Gasteiger partial charge in [0.05, 0.1) is 17.3 Å². The number of thiophene rings is 1. The second-order valence-electron chi connectivity index (χ2n) is 5.74. The van der Waals surface area contributed by atoms with Gasteiger partial charge in [-0.3, -0.25) is 9.97 Å². The van der Waals surface area contributed by atoms with Crippen LogP contribution < -0.4 is 5.32 Å². The Morgan fingerprint density at radius 2 is 2.08 bits per heavy atom. The molecule has 4 rings (SSSR count). The fourth-order valence-corrected chi connectivity index (χ4v) is 3.36. The first-order valence-corrected chi connectivity index (χ1v) is 8.84. The van der Waals surface area contributed by atoms with Gasteiger partial charge in [0, 0.05) is 24.0 Å². The van der Waals surface area contributed by atoms with Crippen LogP contribution in [0.25, 0.3) is 10.2 Å². The van der Waals surface area contributed by atoms with Crippen molar-refractivity contribution >= 4 is 33.2 Å². The average Bonchev–Trinajstić information content (AvgIpc) is 3.13. The van der Waals surface area contributed by atoms with E-state index in [0.29, 0.717) is 5.82 Å². The molecule has 0 aliphatic rings. The predicted molar refractivity (Wildman–Crippen MR) is 99.1 cm³/mol. The zero-order chi connectivity index (χ0) is 17.1. The normalized spacial score (nSPS) is 12.2. The molecule has 7 heteroatoms. The van der Waals surface area contributed by atoms with E-state index in [1.54, 1.807) is 30.1 Å². The van der Waals surface area contributed by atoms with Gasteiger partial charge in [0.1, 0.15) is 22.8 Å². The van der Waals surface area contributed by atoms with Gasteiger partial charge >= 0.3 is 0 Å². The summed E-state index contributed by atoms with van der Waals surface area (Å²) in [7, 11) is 0. The maximum absolute atomic E-state index is 4.70. The number of aromatic nitrogens is 5. The Bertz CT molecular complexity index is 985. The Balaban J connectivity index is 1.56. The summed E-state index contributed by atoms with van der Waals surface area (Å²) in [6, 6.07) is 7.95. The van der Waals surface area contributed by atoms with Crippen LogP contribution in [0.1, 0.15) is 24.2 Å². The van der Waals surface area contributed by atoms with Gasteiger partial charge in [-0.15, -0.1) is 11.3 Å². The molecule has 4 aromatic rings. The number of anilines is 2. The van der Waals surface area contributed by atoms with Gasteiger partial charge in [0.2, 0.25) is 0 Å². The van der Waals surface area contributed by atoms with Crippen LogP contribution in [-0.2, 0) is 6.42 Å². The second-order valence-corrected chi connectivity index (χ2v) is 6.64. The molecule has 0 aliphatic carbocycles. The Kier molecular flexibility index (Phi) is 4.30. The van der Waals surface area contributed by atoms with Crippen molar-refractivity contribution in [3.05, 3.63) is 66.0 Å². The predicted octanol–water partition coefficient (Wildman–Crippen LogP) is 3.97. The maximum Gasteiger partial charge on any atom is 0.150 e. The third kappa shape index (κ3) is 3.46. The average molecular weight is 348 g/mol. The number of fused-ring (bicyclic) bond motifs is 1. The molecule has 1 atom stereocenters. The Hall–Kier alpha value is -2.93. The molecular formula is C18H16N6S. The molecule has 25 heavy (non-hydrogen) atoms. The first-order chi connectivity index (χ1) is 12.3. The minimum Gasteiger partial charge on any atom is -0.323 e. The lowest BCUT2D eigenvalue weighted by molar-refractivity contribution is 0.711. The van der Waals surface area contributed by atoms with Crippen LogP contribution in [0.5, 0.6) is 0 Å². The molecule has 0 bridgehead atoms. The van der Waals surface area contributed by atoms with E-state index in [-0.39, 0.29) is 5.92 Å². The van der Waals surface area contributed by atoms with Gasteiger partial charge in [0.15, 0.2) is 0 Å². The highest BCUT2D eigenvalue weighted by molar-refractivity contribution is 7.16. The fourth-order valence-electron chi connectivity index (χ4n) is 2.63. The van der Waals surface area contributed by atoms with Gasteiger partial charge in [-0.05, 0) is 30.0 Å². The van der Waals surface area contributed by atoms with Crippen molar-refractivity contribution in [3.63, 3.8) is 0 Å². The lowest BCUT2D eigenvalue weighted by Crippen LogP contribution is -2.06. The van der Waals surface area contributed by atoms with Crippen molar-refractivity contribution in [2.24, 2.45) is 0 Å². The SMILES string of the molecule is CC(Cc1ccccn1)c1cncc(Nc2ncnc3sccc23)n1. The number of hydrogen-bond donors (Lipinski definition) is 1. The summed E-state index contributed by atoms with van der Waals surface area (Å²) >= 11 is 1.59. The summed E-state index contributed by atoms with van der Waals surface area (Å²) in [5.41, 5.74) is 1.97. The third-order valence-electron chi connectivity index (χ3n) is 3.91. The van der Waals surface area contributed by atoms with Gasteiger partial charge in [-0.1, -0.05) is 13.0 Å². The summed E-state index contributed by atoms with van der Waals surface area (Å²) in [5, 5.41) is 6.25. The highest BCUT2D eigenvalue weighted by atomic mass is 32.1. The molecule has 0 saturated carbocycles. The molecule has 0 radical (unpaired) electrons. The molecular weight excluding hydrogens is 332 g/mol. The van der Waals surface area contributed by atoms with Crippen LogP contribution in [0.15, 0.2) is 54.6 Å². The molecule has 0 amide bonds. The highest BCUT2D eigenvalue weighted by Gasteiger charge is 2.11. The first kappa shape index (κ1) is 15.6. The molecule has 0 aromatic carbocycles. The van der Waals surface area contributed by atoms with Crippen LogP contribution in [0.4, 0.5) is 11.6 Å². The maximum atomic E-state index is 4.70. The Labute approximate surface area is 149 Å². The molecule has 0 saturated heterocycles. The van der Waals surface area contributed by atoms with Crippen molar-refractivity contribution in [2.75, 3.05) is 5.32 Å². The monoisotopic (exact) mass is 348 g/mol. The van der Waals surface area contributed by atoms with E-state index in [0.717, 1.165) is 33.8 Å². The van der Waals surface area contributed by atoms with Crippen LogP contribution in [0.2, 0.25) is 0 Å². The Morgan fingerprint density at radius 3 is 2.96 bits per heavy atom. The molecule has 0 aliphatic heterocycles. The van der Waals surface area contributed by atoms with Crippen molar-refractivity contribution in [1.82, 2.24) is 24.9 Å².